The number of rotatable bonds is 3. The van der Waals surface area contributed by atoms with E-state index in [9.17, 15) is 0 Å². The van der Waals surface area contributed by atoms with E-state index in [0.29, 0.717) is 0 Å². The second kappa shape index (κ2) is 4.18. The Balaban J connectivity index is 1.99. The molecule has 1 atom stereocenters. The van der Waals surface area contributed by atoms with Gasteiger partial charge < -0.3 is 9.47 Å². The third-order valence-electron chi connectivity index (χ3n) is 2.32. The maximum absolute atomic E-state index is 5.73. The Morgan fingerprint density at radius 3 is 2.43 bits per heavy atom. The molecule has 0 heterocycles. The fourth-order valence-electron chi connectivity index (χ4n) is 1.53. The Hall–Kier alpha value is -1.44. The molecule has 0 saturated heterocycles. The van der Waals surface area contributed by atoms with Gasteiger partial charge in [0.05, 0.1) is 7.11 Å². The maximum atomic E-state index is 5.73. The van der Waals surface area contributed by atoms with Crippen molar-refractivity contribution in [3.8, 4) is 11.5 Å². The smallest absolute Gasteiger partial charge is 0.120 e. The standard InChI is InChI=1S/C12H14O2/c1-13-10-6-8-12(9-7-10)14-11-4-2-3-5-11/h2,4,6-9,11H,3,5H2,1H3. The van der Waals surface area contributed by atoms with Gasteiger partial charge in [0.1, 0.15) is 17.6 Å². The maximum Gasteiger partial charge on any atom is 0.120 e. The van der Waals surface area contributed by atoms with E-state index in [-0.39, 0.29) is 6.10 Å². The van der Waals surface area contributed by atoms with Crippen molar-refractivity contribution in [2.45, 2.75) is 18.9 Å². The van der Waals surface area contributed by atoms with E-state index in [1.54, 1.807) is 7.11 Å². The van der Waals surface area contributed by atoms with Crippen molar-refractivity contribution >= 4 is 0 Å². The van der Waals surface area contributed by atoms with E-state index in [0.717, 1.165) is 24.3 Å². The van der Waals surface area contributed by atoms with E-state index in [2.05, 4.69) is 12.2 Å². The van der Waals surface area contributed by atoms with Gasteiger partial charge in [-0.2, -0.15) is 0 Å². The van der Waals surface area contributed by atoms with E-state index in [1.807, 2.05) is 24.3 Å². The van der Waals surface area contributed by atoms with Crippen LogP contribution in [0.3, 0.4) is 0 Å². The van der Waals surface area contributed by atoms with Crippen LogP contribution in [0.25, 0.3) is 0 Å². The predicted octanol–water partition coefficient (Wildman–Crippen LogP) is 2.79. The van der Waals surface area contributed by atoms with Crippen molar-refractivity contribution < 1.29 is 9.47 Å². The molecule has 14 heavy (non-hydrogen) atoms. The van der Waals surface area contributed by atoms with Crippen LogP contribution in [0.5, 0.6) is 11.5 Å². The molecule has 1 aliphatic rings. The topological polar surface area (TPSA) is 18.5 Å². The summed E-state index contributed by atoms with van der Waals surface area (Å²) < 4.78 is 10.8. The number of allylic oxidation sites excluding steroid dienone is 1. The highest BCUT2D eigenvalue weighted by molar-refractivity contribution is 5.31. The number of benzene rings is 1. The van der Waals surface area contributed by atoms with Crippen LogP contribution < -0.4 is 9.47 Å². The highest BCUT2D eigenvalue weighted by atomic mass is 16.5. The number of hydrogen-bond acceptors (Lipinski definition) is 2. The Kier molecular flexibility index (Phi) is 2.73. The Morgan fingerprint density at radius 2 is 1.86 bits per heavy atom. The van der Waals surface area contributed by atoms with Crippen LogP contribution in [-0.4, -0.2) is 13.2 Å². The van der Waals surface area contributed by atoms with Gasteiger partial charge in [0.15, 0.2) is 0 Å². The first kappa shape index (κ1) is 9.13. The molecule has 1 unspecified atom stereocenters. The van der Waals surface area contributed by atoms with Gasteiger partial charge >= 0.3 is 0 Å². The van der Waals surface area contributed by atoms with Crippen molar-refractivity contribution in [2.24, 2.45) is 0 Å². The lowest BCUT2D eigenvalue weighted by Gasteiger charge is -2.11. The molecular formula is C12H14O2. The van der Waals surface area contributed by atoms with Crippen LogP contribution >= 0.6 is 0 Å². The lowest BCUT2D eigenvalue weighted by Crippen LogP contribution is -2.09. The third kappa shape index (κ3) is 2.08. The monoisotopic (exact) mass is 190 g/mol. The zero-order valence-corrected chi connectivity index (χ0v) is 8.27. The summed E-state index contributed by atoms with van der Waals surface area (Å²) >= 11 is 0. The van der Waals surface area contributed by atoms with Crippen LogP contribution in [0, 0.1) is 0 Å². The first-order valence-corrected chi connectivity index (χ1v) is 4.86. The lowest BCUT2D eigenvalue weighted by atomic mass is 10.3. The second-order valence-corrected chi connectivity index (χ2v) is 3.34. The Bertz CT molecular complexity index is 314. The molecule has 0 saturated carbocycles. The van der Waals surface area contributed by atoms with Crippen LogP contribution in [0.1, 0.15) is 12.8 Å². The molecule has 2 heteroatoms. The van der Waals surface area contributed by atoms with Crippen molar-refractivity contribution in [2.75, 3.05) is 7.11 Å². The average Bonchev–Trinajstić information content (AvgIpc) is 2.72. The van der Waals surface area contributed by atoms with Gasteiger partial charge in [-0.25, -0.2) is 0 Å². The molecule has 0 spiro atoms. The molecule has 2 nitrogen and oxygen atoms in total. The molecular weight excluding hydrogens is 176 g/mol. The summed E-state index contributed by atoms with van der Waals surface area (Å²) in [4.78, 5) is 0. The molecule has 1 aromatic carbocycles. The van der Waals surface area contributed by atoms with Crippen LogP contribution in [0.4, 0.5) is 0 Å². The lowest BCUT2D eigenvalue weighted by molar-refractivity contribution is 0.248. The molecule has 2 rings (SSSR count). The van der Waals surface area contributed by atoms with Gasteiger partial charge in [-0.05, 0) is 43.2 Å². The molecule has 74 valence electrons. The van der Waals surface area contributed by atoms with Gasteiger partial charge in [-0.1, -0.05) is 6.08 Å². The predicted molar refractivity (Wildman–Crippen MR) is 55.8 cm³/mol. The van der Waals surface area contributed by atoms with E-state index in [4.69, 9.17) is 9.47 Å². The first-order valence-electron chi connectivity index (χ1n) is 4.86. The SMILES string of the molecule is COc1ccc(OC2C=CCC2)cc1. The zero-order chi connectivity index (χ0) is 9.80. The summed E-state index contributed by atoms with van der Waals surface area (Å²) in [7, 11) is 1.66. The van der Waals surface area contributed by atoms with Crippen molar-refractivity contribution in [3.63, 3.8) is 0 Å². The molecule has 1 aromatic rings. The molecule has 0 aliphatic heterocycles. The van der Waals surface area contributed by atoms with E-state index in [1.165, 1.54) is 0 Å². The molecule has 0 N–H and O–H groups in total. The number of ether oxygens (including phenoxy) is 2. The van der Waals surface area contributed by atoms with Gasteiger partial charge in [-0.15, -0.1) is 0 Å². The van der Waals surface area contributed by atoms with Gasteiger partial charge in [-0.3, -0.25) is 0 Å². The minimum atomic E-state index is 0.253. The summed E-state index contributed by atoms with van der Waals surface area (Å²) in [6.45, 7) is 0. The molecule has 0 fully saturated rings. The summed E-state index contributed by atoms with van der Waals surface area (Å²) in [6, 6.07) is 7.69. The second-order valence-electron chi connectivity index (χ2n) is 3.34. The minimum Gasteiger partial charge on any atom is -0.497 e. The van der Waals surface area contributed by atoms with Crippen LogP contribution in [0.15, 0.2) is 36.4 Å². The molecule has 0 amide bonds. The van der Waals surface area contributed by atoms with E-state index >= 15 is 0 Å². The first-order chi connectivity index (χ1) is 6.88. The summed E-state index contributed by atoms with van der Waals surface area (Å²) in [5.41, 5.74) is 0. The number of methoxy groups -OCH3 is 1. The fraction of sp³-hybridized carbons (Fsp3) is 0.333. The van der Waals surface area contributed by atoms with Gasteiger partial charge in [0.25, 0.3) is 0 Å². The quantitative estimate of drug-likeness (QED) is 0.682. The normalized spacial score (nSPS) is 19.6. The molecule has 0 radical (unpaired) electrons. The number of hydrogen-bond donors (Lipinski definition) is 0. The van der Waals surface area contributed by atoms with Crippen molar-refractivity contribution in [1.29, 1.82) is 0 Å². The van der Waals surface area contributed by atoms with Crippen molar-refractivity contribution in [1.82, 2.24) is 0 Å². The highest BCUT2D eigenvalue weighted by Gasteiger charge is 2.10. The summed E-state index contributed by atoms with van der Waals surface area (Å²) in [5, 5.41) is 0. The molecule has 0 aromatic heterocycles. The van der Waals surface area contributed by atoms with Crippen LogP contribution in [0.2, 0.25) is 0 Å². The van der Waals surface area contributed by atoms with Crippen molar-refractivity contribution in [3.05, 3.63) is 36.4 Å². The minimum absolute atomic E-state index is 0.253. The summed E-state index contributed by atoms with van der Waals surface area (Å²) in [6.07, 6.45) is 6.74. The van der Waals surface area contributed by atoms with E-state index < -0.39 is 0 Å². The largest absolute Gasteiger partial charge is 0.497 e. The zero-order valence-electron chi connectivity index (χ0n) is 8.27. The molecule has 0 bridgehead atoms. The van der Waals surface area contributed by atoms with Gasteiger partial charge in [0.2, 0.25) is 0 Å². The molecule has 1 aliphatic carbocycles. The Labute approximate surface area is 84.2 Å². The highest BCUT2D eigenvalue weighted by Crippen LogP contribution is 2.21. The fourth-order valence-corrected chi connectivity index (χ4v) is 1.53. The Morgan fingerprint density at radius 1 is 1.14 bits per heavy atom. The average molecular weight is 190 g/mol. The summed E-state index contributed by atoms with van der Waals surface area (Å²) in [5.74, 6) is 1.77. The third-order valence-corrected chi connectivity index (χ3v) is 2.32. The van der Waals surface area contributed by atoms with Gasteiger partial charge in [0, 0.05) is 0 Å². The van der Waals surface area contributed by atoms with Crippen LogP contribution in [-0.2, 0) is 0 Å².